The Bertz CT molecular complexity index is 737. The molecule has 0 unspecified atom stereocenters. The number of nitrogen functional groups attached to an aromatic ring is 1. The molecule has 0 atom stereocenters. The van der Waals surface area contributed by atoms with Crippen LogP contribution in [0.15, 0.2) is 36.4 Å². The third kappa shape index (κ3) is 1.82. The van der Waals surface area contributed by atoms with E-state index in [4.69, 9.17) is 5.73 Å². The summed E-state index contributed by atoms with van der Waals surface area (Å²) in [6.07, 6.45) is 0. The molecule has 0 aliphatic heterocycles. The van der Waals surface area contributed by atoms with Crippen molar-refractivity contribution < 1.29 is 8.78 Å². The van der Waals surface area contributed by atoms with Gasteiger partial charge in [-0.2, -0.15) is 0 Å². The van der Waals surface area contributed by atoms with E-state index in [0.717, 1.165) is 15.8 Å². The van der Waals surface area contributed by atoms with Crippen LogP contribution in [0.25, 0.3) is 20.8 Å². The minimum absolute atomic E-state index is 0.0814. The third-order valence-electron chi connectivity index (χ3n) is 2.59. The fourth-order valence-electron chi connectivity index (χ4n) is 1.70. The quantitative estimate of drug-likeness (QED) is 0.677. The summed E-state index contributed by atoms with van der Waals surface area (Å²) in [7, 11) is 0. The predicted octanol–water partition coefficient (Wildman–Crippen LogP) is 3.82. The number of hydrogen-bond donors (Lipinski definition) is 1. The second kappa shape index (κ2) is 4.03. The Labute approximate surface area is 106 Å². The van der Waals surface area contributed by atoms with E-state index in [9.17, 15) is 8.78 Å². The number of rotatable bonds is 1. The number of fused-ring (bicyclic) bond motifs is 1. The standard InChI is InChI=1S/C13H8F2N2S/c14-8-2-4-11-12(6-8)18-13(17-11)7-1-3-9(15)10(16)5-7/h1-6H,16H2. The van der Waals surface area contributed by atoms with E-state index in [-0.39, 0.29) is 11.5 Å². The molecule has 0 bridgehead atoms. The van der Waals surface area contributed by atoms with Gasteiger partial charge in [0, 0.05) is 5.56 Å². The molecular formula is C13H8F2N2S. The third-order valence-corrected chi connectivity index (χ3v) is 3.66. The molecule has 1 heterocycles. The van der Waals surface area contributed by atoms with E-state index < -0.39 is 5.82 Å². The van der Waals surface area contributed by atoms with E-state index in [1.807, 2.05) is 0 Å². The summed E-state index contributed by atoms with van der Waals surface area (Å²) in [6, 6.07) is 8.87. The minimum atomic E-state index is -0.453. The first kappa shape index (κ1) is 11.1. The summed E-state index contributed by atoms with van der Waals surface area (Å²) in [6.45, 7) is 0. The molecule has 2 nitrogen and oxygen atoms in total. The van der Waals surface area contributed by atoms with Gasteiger partial charge in [0.2, 0.25) is 0 Å². The summed E-state index contributed by atoms with van der Waals surface area (Å²) in [5.74, 6) is -0.748. The largest absolute Gasteiger partial charge is 0.396 e. The molecule has 18 heavy (non-hydrogen) atoms. The van der Waals surface area contributed by atoms with Crippen LogP contribution in [0.3, 0.4) is 0 Å². The lowest BCUT2D eigenvalue weighted by atomic mass is 10.2. The minimum Gasteiger partial charge on any atom is -0.396 e. The van der Waals surface area contributed by atoms with Crippen molar-refractivity contribution in [2.45, 2.75) is 0 Å². The molecule has 90 valence electrons. The van der Waals surface area contributed by atoms with Crippen LogP contribution >= 0.6 is 11.3 Å². The summed E-state index contributed by atoms with van der Waals surface area (Å²) >= 11 is 1.35. The first-order chi connectivity index (χ1) is 8.63. The van der Waals surface area contributed by atoms with Gasteiger partial charge in [-0.3, -0.25) is 0 Å². The number of nitrogens with two attached hydrogens (primary N) is 1. The molecule has 3 rings (SSSR count). The Balaban J connectivity index is 2.16. The Kier molecular flexibility index (Phi) is 2.48. The lowest BCUT2D eigenvalue weighted by Crippen LogP contribution is -1.90. The average molecular weight is 262 g/mol. The van der Waals surface area contributed by atoms with Crippen LogP contribution in [0.5, 0.6) is 0 Å². The number of aromatic nitrogens is 1. The van der Waals surface area contributed by atoms with Gasteiger partial charge in [0.25, 0.3) is 0 Å². The molecule has 0 saturated carbocycles. The van der Waals surface area contributed by atoms with Crippen molar-refractivity contribution in [3.8, 4) is 10.6 Å². The van der Waals surface area contributed by atoms with Gasteiger partial charge in [0.1, 0.15) is 16.6 Å². The maximum Gasteiger partial charge on any atom is 0.146 e. The molecule has 0 saturated heterocycles. The van der Waals surface area contributed by atoms with Crippen LogP contribution in [0.4, 0.5) is 14.5 Å². The molecule has 1 aromatic heterocycles. The van der Waals surface area contributed by atoms with Gasteiger partial charge < -0.3 is 5.73 Å². The molecule has 0 aliphatic rings. The molecule has 0 aliphatic carbocycles. The molecular weight excluding hydrogens is 254 g/mol. The van der Waals surface area contributed by atoms with Crippen molar-refractivity contribution in [2.24, 2.45) is 0 Å². The fraction of sp³-hybridized carbons (Fsp3) is 0. The maximum atomic E-state index is 13.1. The molecule has 0 amide bonds. The van der Waals surface area contributed by atoms with Crippen molar-refractivity contribution in [1.29, 1.82) is 0 Å². The highest BCUT2D eigenvalue weighted by molar-refractivity contribution is 7.21. The topological polar surface area (TPSA) is 38.9 Å². The summed E-state index contributed by atoms with van der Waals surface area (Å²) in [4.78, 5) is 4.37. The molecule has 0 spiro atoms. The van der Waals surface area contributed by atoms with E-state index in [1.54, 1.807) is 12.1 Å². The maximum absolute atomic E-state index is 13.1. The van der Waals surface area contributed by atoms with Gasteiger partial charge in [0.15, 0.2) is 0 Å². The molecule has 5 heteroatoms. The number of anilines is 1. The highest BCUT2D eigenvalue weighted by Gasteiger charge is 2.08. The van der Waals surface area contributed by atoms with Crippen molar-refractivity contribution in [1.82, 2.24) is 4.98 Å². The molecule has 0 fully saturated rings. The molecule has 2 aromatic carbocycles. The van der Waals surface area contributed by atoms with Crippen molar-refractivity contribution >= 4 is 27.2 Å². The lowest BCUT2D eigenvalue weighted by Gasteiger charge is -1.99. The van der Waals surface area contributed by atoms with Crippen LogP contribution in [0.2, 0.25) is 0 Å². The van der Waals surface area contributed by atoms with Crippen LogP contribution in [-0.2, 0) is 0 Å². The van der Waals surface area contributed by atoms with Crippen LogP contribution < -0.4 is 5.73 Å². The summed E-state index contributed by atoms with van der Waals surface area (Å²) in [5.41, 5.74) is 7.05. The van der Waals surface area contributed by atoms with Gasteiger partial charge in [-0.05, 0) is 36.4 Å². The first-order valence-corrected chi connectivity index (χ1v) is 6.06. The smallest absolute Gasteiger partial charge is 0.146 e. The Hall–Kier alpha value is -2.01. The SMILES string of the molecule is Nc1cc(-c2nc3ccc(F)cc3s2)ccc1F. The number of nitrogens with zero attached hydrogens (tertiary/aromatic N) is 1. The zero-order valence-corrected chi connectivity index (χ0v) is 9.97. The molecule has 0 radical (unpaired) electrons. The normalized spacial score (nSPS) is 11.0. The van der Waals surface area contributed by atoms with Crippen molar-refractivity contribution in [3.05, 3.63) is 48.0 Å². The second-order valence-electron chi connectivity index (χ2n) is 3.87. The summed E-state index contributed by atoms with van der Waals surface area (Å²) in [5, 5.41) is 0.697. The van der Waals surface area contributed by atoms with Gasteiger partial charge in [-0.25, -0.2) is 13.8 Å². The number of benzene rings is 2. The predicted molar refractivity (Wildman–Crippen MR) is 69.4 cm³/mol. The monoisotopic (exact) mass is 262 g/mol. The summed E-state index contributed by atoms with van der Waals surface area (Å²) < 4.78 is 26.9. The van der Waals surface area contributed by atoms with E-state index in [1.165, 1.54) is 35.6 Å². The van der Waals surface area contributed by atoms with Crippen LogP contribution in [0, 0.1) is 11.6 Å². The second-order valence-corrected chi connectivity index (χ2v) is 4.90. The highest BCUT2D eigenvalue weighted by Crippen LogP contribution is 2.31. The number of hydrogen-bond acceptors (Lipinski definition) is 3. The fourth-order valence-corrected chi connectivity index (χ4v) is 2.69. The van der Waals surface area contributed by atoms with Crippen molar-refractivity contribution in [3.63, 3.8) is 0 Å². The lowest BCUT2D eigenvalue weighted by molar-refractivity contribution is 0.630. The first-order valence-electron chi connectivity index (χ1n) is 5.25. The van der Waals surface area contributed by atoms with Gasteiger partial charge in [-0.15, -0.1) is 11.3 Å². The zero-order chi connectivity index (χ0) is 12.7. The van der Waals surface area contributed by atoms with Gasteiger partial charge in [0.05, 0.1) is 15.9 Å². The Morgan fingerprint density at radius 1 is 1.06 bits per heavy atom. The number of halogens is 2. The Morgan fingerprint density at radius 2 is 1.89 bits per heavy atom. The average Bonchev–Trinajstić information content (AvgIpc) is 2.75. The Morgan fingerprint density at radius 3 is 2.67 bits per heavy atom. The van der Waals surface area contributed by atoms with Crippen molar-refractivity contribution in [2.75, 3.05) is 5.73 Å². The van der Waals surface area contributed by atoms with Gasteiger partial charge >= 0.3 is 0 Å². The van der Waals surface area contributed by atoms with E-state index in [0.29, 0.717) is 5.01 Å². The molecule has 2 N–H and O–H groups in total. The zero-order valence-electron chi connectivity index (χ0n) is 9.15. The number of thiazole rings is 1. The van der Waals surface area contributed by atoms with E-state index >= 15 is 0 Å². The van der Waals surface area contributed by atoms with Crippen LogP contribution in [0.1, 0.15) is 0 Å². The van der Waals surface area contributed by atoms with Gasteiger partial charge in [-0.1, -0.05) is 0 Å². The highest BCUT2D eigenvalue weighted by atomic mass is 32.1. The van der Waals surface area contributed by atoms with E-state index in [2.05, 4.69) is 4.98 Å². The molecule has 3 aromatic rings. The van der Waals surface area contributed by atoms with Crippen LogP contribution in [-0.4, -0.2) is 4.98 Å².